The highest BCUT2D eigenvalue weighted by Gasteiger charge is 2.02. The molecule has 0 aliphatic heterocycles. The first kappa shape index (κ1) is 12.4. The molecule has 0 fully saturated rings. The Morgan fingerprint density at radius 1 is 1.31 bits per heavy atom. The molecular weight excluding hydrogens is 198 g/mol. The smallest absolute Gasteiger partial charge is 0.116 e. The Labute approximate surface area is 98.4 Å². The number of rotatable bonds is 3. The van der Waals surface area contributed by atoms with Crippen LogP contribution in [0, 0.1) is 0 Å². The van der Waals surface area contributed by atoms with Gasteiger partial charge in [0.15, 0.2) is 0 Å². The minimum absolute atomic E-state index is 0. The zero-order chi connectivity index (χ0) is 10.7. The van der Waals surface area contributed by atoms with Gasteiger partial charge in [-0.3, -0.25) is 0 Å². The summed E-state index contributed by atoms with van der Waals surface area (Å²) in [5.41, 5.74) is 3.24. The van der Waals surface area contributed by atoms with Gasteiger partial charge < -0.3 is 5.32 Å². The van der Waals surface area contributed by atoms with Crippen LogP contribution >= 0.6 is 0 Å². The van der Waals surface area contributed by atoms with E-state index in [9.17, 15) is 0 Å². The standard InChI is InChI=1S/C12H15N3.CH4.H2/c1-3-4-11-10-6-5-9(13-2)7-12(10)15-8-14-11;;/h5-8,13H,3-4H2,1-2H3;1H4;1H. The highest BCUT2D eigenvalue weighted by atomic mass is 14.8. The lowest BCUT2D eigenvalue weighted by Crippen LogP contribution is -1.94. The Morgan fingerprint density at radius 2 is 2.12 bits per heavy atom. The Balaban J connectivity index is 0.00000128. The molecule has 1 aromatic carbocycles. The lowest BCUT2D eigenvalue weighted by molar-refractivity contribution is 0.886. The highest BCUT2D eigenvalue weighted by Crippen LogP contribution is 2.19. The molecule has 1 N–H and O–H groups in total. The van der Waals surface area contributed by atoms with Gasteiger partial charge in [-0.1, -0.05) is 20.8 Å². The van der Waals surface area contributed by atoms with Gasteiger partial charge in [0.1, 0.15) is 6.33 Å². The fourth-order valence-electron chi connectivity index (χ4n) is 1.70. The summed E-state index contributed by atoms with van der Waals surface area (Å²) in [6, 6.07) is 6.20. The molecule has 1 heterocycles. The number of aromatic nitrogens is 2. The van der Waals surface area contributed by atoms with Crippen LogP contribution < -0.4 is 5.32 Å². The molecule has 0 bridgehead atoms. The summed E-state index contributed by atoms with van der Waals surface area (Å²) in [4.78, 5) is 8.60. The third-order valence-electron chi connectivity index (χ3n) is 2.49. The van der Waals surface area contributed by atoms with E-state index in [0.29, 0.717) is 0 Å². The van der Waals surface area contributed by atoms with Crippen molar-refractivity contribution in [2.75, 3.05) is 12.4 Å². The van der Waals surface area contributed by atoms with Crippen LogP contribution in [0.1, 0.15) is 27.9 Å². The number of anilines is 1. The molecule has 0 unspecified atom stereocenters. The monoisotopic (exact) mass is 219 g/mol. The minimum atomic E-state index is 0. The fourth-order valence-corrected chi connectivity index (χ4v) is 1.70. The van der Waals surface area contributed by atoms with E-state index in [2.05, 4.69) is 40.4 Å². The maximum absolute atomic E-state index is 4.32. The van der Waals surface area contributed by atoms with Crippen molar-refractivity contribution in [3.8, 4) is 0 Å². The molecule has 0 amide bonds. The molecule has 2 rings (SSSR count). The van der Waals surface area contributed by atoms with Crippen molar-refractivity contribution >= 4 is 16.6 Å². The summed E-state index contributed by atoms with van der Waals surface area (Å²) in [5, 5.41) is 4.28. The van der Waals surface area contributed by atoms with Crippen molar-refractivity contribution in [1.82, 2.24) is 9.97 Å². The van der Waals surface area contributed by atoms with Crippen LogP contribution in [0.3, 0.4) is 0 Å². The number of aryl methyl sites for hydroxylation is 1. The van der Waals surface area contributed by atoms with E-state index < -0.39 is 0 Å². The summed E-state index contributed by atoms with van der Waals surface area (Å²) in [7, 11) is 1.91. The molecule has 2 aromatic rings. The molecule has 1 aromatic heterocycles. The van der Waals surface area contributed by atoms with Crippen molar-refractivity contribution in [3.05, 3.63) is 30.2 Å². The zero-order valence-electron chi connectivity index (χ0n) is 9.12. The normalized spacial score (nSPS) is 9.88. The minimum Gasteiger partial charge on any atom is -0.388 e. The molecule has 0 spiro atoms. The first-order chi connectivity index (χ1) is 7.35. The van der Waals surface area contributed by atoms with E-state index in [4.69, 9.17) is 0 Å². The van der Waals surface area contributed by atoms with Gasteiger partial charge in [-0.2, -0.15) is 0 Å². The topological polar surface area (TPSA) is 37.8 Å². The lowest BCUT2D eigenvalue weighted by atomic mass is 10.1. The third kappa shape index (κ3) is 2.30. The van der Waals surface area contributed by atoms with E-state index in [1.165, 1.54) is 5.39 Å². The first-order valence-electron chi connectivity index (χ1n) is 5.26. The van der Waals surface area contributed by atoms with Gasteiger partial charge in [-0.15, -0.1) is 0 Å². The van der Waals surface area contributed by atoms with Crippen LogP contribution in [0.15, 0.2) is 24.5 Å². The molecule has 3 heteroatoms. The van der Waals surface area contributed by atoms with Crippen molar-refractivity contribution in [3.63, 3.8) is 0 Å². The summed E-state index contributed by atoms with van der Waals surface area (Å²) >= 11 is 0. The summed E-state index contributed by atoms with van der Waals surface area (Å²) < 4.78 is 0. The first-order valence-corrected chi connectivity index (χ1v) is 5.26. The number of nitrogens with one attached hydrogen (secondary N) is 1. The van der Waals surface area contributed by atoms with E-state index in [1.807, 2.05) is 7.05 Å². The SMILES string of the molecule is C.CCCc1ncnc2cc(NC)ccc12.[HH]. The predicted octanol–water partition coefficient (Wildman–Crippen LogP) is 3.51. The Bertz CT molecular complexity index is 471. The molecule has 0 aliphatic rings. The average Bonchev–Trinajstić information content (AvgIpc) is 2.29. The van der Waals surface area contributed by atoms with Crippen molar-refractivity contribution in [2.45, 2.75) is 27.2 Å². The van der Waals surface area contributed by atoms with Gasteiger partial charge in [-0.25, -0.2) is 9.97 Å². The molecule has 0 aliphatic carbocycles. The van der Waals surface area contributed by atoms with Crippen molar-refractivity contribution < 1.29 is 1.43 Å². The van der Waals surface area contributed by atoms with Gasteiger partial charge in [-0.05, 0) is 24.6 Å². The van der Waals surface area contributed by atoms with E-state index in [0.717, 1.165) is 29.7 Å². The predicted molar refractivity (Wildman–Crippen MR) is 71.9 cm³/mol. The van der Waals surface area contributed by atoms with Gasteiger partial charge in [0.25, 0.3) is 0 Å². The Hall–Kier alpha value is -1.64. The van der Waals surface area contributed by atoms with E-state index in [1.54, 1.807) is 6.33 Å². The van der Waals surface area contributed by atoms with Crippen LogP contribution in [0.25, 0.3) is 10.9 Å². The summed E-state index contributed by atoms with van der Waals surface area (Å²) in [5.74, 6) is 0. The highest BCUT2D eigenvalue weighted by molar-refractivity contribution is 5.83. The third-order valence-corrected chi connectivity index (χ3v) is 2.49. The maximum Gasteiger partial charge on any atom is 0.116 e. The Kier molecular flexibility index (Phi) is 4.23. The maximum atomic E-state index is 4.32. The molecular formula is C13H21N3. The van der Waals surface area contributed by atoms with Crippen molar-refractivity contribution in [2.24, 2.45) is 0 Å². The largest absolute Gasteiger partial charge is 0.388 e. The second-order valence-electron chi connectivity index (χ2n) is 3.55. The Morgan fingerprint density at radius 3 is 2.81 bits per heavy atom. The van der Waals surface area contributed by atoms with Crippen LogP contribution in [-0.2, 0) is 6.42 Å². The zero-order valence-corrected chi connectivity index (χ0v) is 9.12. The van der Waals surface area contributed by atoms with Crippen LogP contribution in [-0.4, -0.2) is 17.0 Å². The lowest BCUT2D eigenvalue weighted by Gasteiger charge is -2.05. The number of nitrogens with zero attached hydrogens (tertiary/aromatic N) is 2. The molecule has 16 heavy (non-hydrogen) atoms. The van der Waals surface area contributed by atoms with Gasteiger partial charge in [0, 0.05) is 19.5 Å². The van der Waals surface area contributed by atoms with Gasteiger partial charge >= 0.3 is 0 Å². The summed E-state index contributed by atoms with van der Waals surface area (Å²) in [6.07, 6.45) is 3.77. The number of benzene rings is 1. The average molecular weight is 219 g/mol. The second kappa shape index (κ2) is 5.45. The molecule has 0 radical (unpaired) electrons. The molecule has 0 saturated heterocycles. The number of hydrogen-bond donors (Lipinski definition) is 1. The van der Waals surface area contributed by atoms with E-state index >= 15 is 0 Å². The number of fused-ring (bicyclic) bond motifs is 1. The van der Waals surface area contributed by atoms with Crippen LogP contribution in [0.5, 0.6) is 0 Å². The quantitative estimate of drug-likeness (QED) is 0.858. The molecule has 3 nitrogen and oxygen atoms in total. The number of hydrogen-bond acceptors (Lipinski definition) is 3. The molecule has 0 saturated carbocycles. The molecule has 0 atom stereocenters. The van der Waals surface area contributed by atoms with Gasteiger partial charge in [0.2, 0.25) is 0 Å². The second-order valence-corrected chi connectivity index (χ2v) is 3.55. The molecule has 88 valence electrons. The van der Waals surface area contributed by atoms with Crippen LogP contribution in [0.4, 0.5) is 5.69 Å². The van der Waals surface area contributed by atoms with Crippen LogP contribution in [0.2, 0.25) is 0 Å². The fraction of sp³-hybridized carbons (Fsp3) is 0.385. The van der Waals surface area contributed by atoms with E-state index in [-0.39, 0.29) is 8.85 Å². The van der Waals surface area contributed by atoms with Crippen molar-refractivity contribution in [1.29, 1.82) is 0 Å². The summed E-state index contributed by atoms with van der Waals surface area (Å²) in [6.45, 7) is 2.16. The van der Waals surface area contributed by atoms with Gasteiger partial charge in [0.05, 0.1) is 11.2 Å².